The Morgan fingerprint density at radius 3 is 3.07 bits per heavy atom. The molecule has 0 saturated heterocycles. The van der Waals surface area contributed by atoms with Crippen molar-refractivity contribution in [2.24, 2.45) is 0 Å². The summed E-state index contributed by atoms with van der Waals surface area (Å²) in [5, 5.41) is 20.3. The topological polar surface area (TPSA) is 84.3 Å². The largest absolute Gasteiger partial charge is 0.481 e. The summed E-state index contributed by atoms with van der Waals surface area (Å²) in [7, 11) is 1.58. The van der Waals surface area contributed by atoms with Gasteiger partial charge in [0.1, 0.15) is 11.6 Å². The minimum absolute atomic E-state index is 0.0686. The molecular weight excluding hydrogens is 206 g/mol. The van der Waals surface area contributed by atoms with Crippen molar-refractivity contribution in [3.05, 3.63) is 5.01 Å². The highest BCUT2D eigenvalue weighted by molar-refractivity contribution is 7.15. The fourth-order valence-electron chi connectivity index (χ4n) is 0.783. The number of carboxylic acid groups (broad SMARTS) is 1. The molecule has 2 N–H and O–H groups in total. The lowest BCUT2D eigenvalue weighted by Crippen LogP contribution is -2.07. The maximum Gasteiger partial charge on any atom is 0.305 e. The molecule has 1 aromatic rings. The lowest BCUT2D eigenvalue weighted by atomic mass is 10.4. The summed E-state index contributed by atoms with van der Waals surface area (Å²) in [6.45, 7) is 0.787. The van der Waals surface area contributed by atoms with Gasteiger partial charge in [-0.15, -0.1) is 10.2 Å². The second kappa shape index (κ2) is 5.51. The molecule has 0 amide bonds. The monoisotopic (exact) mass is 217 g/mol. The smallest absolute Gasteiger partial charge is 0.305 e. The first-order valence-corrected chi connectivity index (χ1v) is 4.81. The van der Waals surface area contributed by atoms with Crippen LogP contribution >= 0.6 is 11.3 Å². The van der Waals surface area contributed by atoms with Gasteiger partial charge in [0.2, 0.25) is 5.13 Å². The van der Waals surface area contributed by atoms with E-state index in [4.69, 9.17) is 9.84 Å². The van der Waals surface area contributed by atoms with Crippen LogP contribution in [-0.2, 0) is 16.1 Å². The zero-order chi connectivity index (χ0) is 10.4. The van der Waals surface area contributed by atoms with Gasteiger partial charge in [0, 0.05) is 13.7 Å². The zero-order valence-electron chi connectivity index (χ0n) is 7.69. The minimum Gasteiger partial charge on any atom is -0.481 e. The van der Waals surface area contributed by atoms with Crippen LogP contribution in [0.5, 0.6) is 0 Å². The fourth-order valence-corrected chi connectivity index (χ4v) is 1.52. The van der Waals surface area contributed by atoms with E-state index in [1.807, 2.05) is 0 Å². The highest BCUT2D eigenvalue weighted by Gasteiger charge is 2.03. The standard InChI is InChI=1S/C7H11N3O3S/c1-13-4-5-9-10-7(14-5)8-3-2-6(11)12/h2-4H2,1H3,(H,8,10)(H,11,12). The molecule has 0 aliphatic carbocycles. The molecule has 14 heavy (non-hydrogen) atoms. The van der Waals surface area contributed by atoms with Crippen molar-refractivity contribution in [2.45, 2.75) is 13.0 Å². The molecule has 1 aromatic heterocycles. The molecule has 0 aromatic carbocycles. The summed E-state index contributed by atoms with van der Waals surface area (Å²) in [4.78, 5) is 10.2. The SMILES string of the molecule is COCc1nnc(NCCC(=O)O)s1. The van der Waals surface area contributed by atoms with Gasteiger partial charge in [0.15, 0.2) is 0 Å². The summed E-state index contributed by atoms with van der Waals surface area (Å²) in [5.74, 6) is -0.834. The third-order valence-electron chi connectivity index (χ3n) is 1.35. The Hall–Kier alpha value is -1.21. The van der Waals surface area contributed by atoms with Crippen molar-refractivity contribution in [3.63, 3.8) is 0 Å². The molecule has 0 bridgehead atoms. The van der Waals surface area contributed by atoms with Crippen molar-refractivity contribution in [1.82, 2.24) is 10.2 Å². The summed E-state index contributed by atoms with van der Waals surface area (Å²) in [5.41, 5.74) is 0. The Morgan fingerprint density at radius 1 is 1.64 bits per heavy atom. The number of hydrogen-bond acceptors (Lipinski definition) is 6. The predicted molar refractivity (Wildman–Crippen MR) is 51.4 cm³/mol. The quantitative estimate of drug-likeness (QED) is 0.724. The number of carboxylic acids is 1. The van der Waals surface area contributed by atoms with Gasteiger partial charge in [-0.25, -0.2) is 0 Å². The van der Waals surface area contributed by atoms with Crippen molar-refractivity contribution in [2.75, 3.05) is 19.0 Å². The van der Waals surface area contributed by atoms with Crippen LogP contribution in [0, 0.1) is 0 Å². The lowest BCUT2D eigenvalue weighted by Gasteiger charge is -1.96. The normalized spacial score (nSPS) is 10.1. The summed E-state index contributed by atoms with van der Waals surface area (Å²) in [6.07, 6.45) is 0.0686. The highest BCUT2D eigenvalue weighted by atomic mass is 32.1. The van der Waals surface area contributed by atoms with Crippen LogP contribution in [0.2, 0.25) is 0 Å². The maximum atomic E-state index is 10.2. The Kier molecular flexibility index (Phi) is 4.27. The van der Waals surface area contributed by atoms with Crippen molar-refractivity contribution in [3.8, 4) is 0 Å². The van der Waals surface area contributed by atoms with Crippen LogP contribution < -0.4 is 5.32 Å². The van der Waals surface area contributed by atoms with Crippen LogP contribution in [0.1, 0.15) is 11.4 Å². The molecule has 0 fully saturated rings. The number of rotatable bonds is 6. The van der Waals surface area contributed by atoms with Crippen LogP contribution in [0.3, 0.4) is 0 Å². The number of hydrogen-bond donors (Lipinski definition) is 2. The highest BCUT2D eigenvalue weighted by Crippen LogP contribution is 2.15. The fraction of sp³-hybridized carbons (Fsp3) is 0.571. The molecule has 1 rings (SSSR count). The maximum absolute atomic E-state index is 10.2. The summed E-state index contributed by atoms with van der Waals surface area (Å²) >= 11 is 1.36. The minimum atomic E-state index is -0.834. The second-order valence-electron chi connectivity index (χ2n) is 2.50. The zero-order valence-corrected chi connectivity index (χ0v) is 8.50. The van der Waals surface area contributed by atoms with Crippen molar-refractivity contribution >= 4 is 22.4 Å². The Labute approximate surface area is 84.9 Å². The van der Waals surface area contributed by atoms with Gasteiger partial charge >= 0.3 is 5.97 Å². The molecule has 6 nitrogen and oxygen atoms in total. The summed E-state index contributed by atoms with van der Waals surface area (Å²) in [6, 6.07) is 0. The van der Waals surface area contributed by atoms with Gasteiger partial charge in [-0.3, -0.25) is 4.79 Å². The predicted octanol–water partition coefficient (Wildman–Crippen LogP) is 0.571. The molecule has 0 spiro atoms. The van der Waals surface area contributed by atoms with Gasteiger partial charge in [-0.2, -0.15) is 0 Å². The lowest BCUT2D eigenvalue weighted by molar-refractivity contribution is -0.136. The molecule has 0 atom stereocenters. The number of carbonyl (C=O) groups is 1. The first-order valence-electron chi connectivity index (χ1n) is 3.99. The number of aromatic nitrogens is 2. The Bertz CT molecular complexity index is 302. The van der Waals surface area contributed by atoms with Crippen LogP contribution in [-0.4, -0.2) is 34.9 Å². The third kappa shape index (κ3) is 3.67. The van der Waals surface area contributed by atoms with Gasteiger partial charge in [0.05, 0.1) is 6.42 Å². The first kappa shape index (κ1) is 10.9. The molecule has 1 heterocycles. The average Bonchev–Trinajstić information content (AvgIpc) is 2.53. The third-order valence-corrected chi connectivity index (χ3v) is 2.20. The van der Waals surface area contributed by atoms with Crippen LogP contribution in [0.15, 0.2) is 0 Å². The average molecular weight is 217 g/mol. The summed E-state index contributed by atoms with van der Waals surface area (Å²) < 4.78 is 4.87. The Morgan fingerprint density at radius 2 is 2.43 bits per heavy atom. The molecular formula is C7H11N3O3S. The van der Waals surface area contributed by atoms with E-state index in [1.54, 1.807) is 7.11 Å². The number of nitrogens with zero attached hydrogens (tertiary/aromatic N) is 2. The second-order valence-corrected chi connectivity index (χ2v) is 3.57. The van der Waals surface area contributed by atoms with Gasteiger partial charge < -0.3 is 15.2 Å². The number of anilines is 1. The Balaban J connectivity index is 2.32. The van der Waals surface area contributed by atoms with Gasteiger partial charge in [-0.1, -0.05) is 11.3 Å². The molecule has 78 valence electrons. The van der Waals surface area contributed by atoms with E-state index in [0.717, 1.165) is 5.01 Å². The molecule has 0 aliphatic heterocycles. The van der Waals surface area contributed by atoms with E-state index in [0.29, 0.717) is 18.3 Å². The number of nitrogens with one attached hydrogen (secondary N) is 1. The van der Waals surface area contributed by atoms with Crippen molar-refractivity contribution < 1.29 is 14.6 Å². The van der Waals surface area contributed by atoms with E-state index in [9.17, 15) is 4.79 Å². The molecule has 7 heteroatoms. The number of ether oxygens (including phenoxy) is 1. The molecule has 0 aliphatic rings. The van der Waals surface area contributed by atoms with E-state index in [2.05, 4.69) is 15.5 Å². The number of methoxy groups -OCH3 is 1. The van der Waals surface area contributed by atoms with E-state index in [-0.39, 0.29) is 6.42 Å². The molecule has 0 saturated carbocycles. The van der Waals surface area contributed by atoms with Crippen LogP contribution in [0.4, 0.5) is 5.13 Å². The van der Waals surface area contributed by atoms with Crippen LogP contribution in [0.25, 0.3) is 0 Å². The van der Waals surface area contributed by atoms with E-state index >= 15 is 0 Å². The van der Waals surface area contributed by atoms with E-state index < -0.39 is 5.97 Å². The molecule has 0 unspecified atom stereocenters. The van der Waals surface area contributed by atoms with Gasteiger partial charge in [-0.05, 0) is 0 Å². The van der Waals surface area contributed by atoms with Gasteiger partial charge in [0.25, 0.3) is 0 Å². The number of aliphatic carboxylic acids is 1. The molecule has 0 radical (unpaired) electrons. The van der Waals surface area contributed by atoms with E-state index in [1.165, 1.54) is 11.3 Å². The van der Waals surface area contributed by atoms with Crippen molar-refractivity contribution in [1.29, 1.82) is 0 Å². The first-order chi connectivity index (χ1) is 6.72.